The van der Waals surface area contributed by atoms with E-state index in [1.54, 1.807) is 14.1 Å². The molecule has 2 fully saturated rings. The molecule has 1 aromatic carbocycles. The second kappa shape index (κ2) is 9.54. The molecule has 0 bridgehead atoms. The van der Waals surface area contributed by atoms with Gasteiger partial charge in [-0.25, -0.2) is 13.2 Å². The number of rotatable bonds is 5. The number of hydrogen-bond donors (Lipinski definition) is 1. The molecule has 0 spiro atoms. The highest BCUT2D eigenvalue weighted by Gasteiger charge is 2.39. The summed E-state index contributed by atoms with van der Waals surface area (Å²) in [7, 11) is 3.37. The maximum Gasteiger partial charge on any atom is 0.273 e. The van der Waals surface area contributed by atoms with Gasteiger partial charge < -0.3 is 14.7 Å². The van der Waals surface area contributed by atoms with E-state index in [0.29, 0.717) is 31.1 Å². The first-order valence-corrected chi connectivity index (χ1v) is 11.1. The van der Waals surface area contributed by atoms with Crippen LogP contribution in [0.3, 0.4) is 0 Å². The molecule has 2 atom stereocenters. The predicted molar refractivity (Wildman–Crippen MR) is 114 cm³/mol. The zero-order valence-corrected chi connectivity index (χ0v) is 18.6. The van der Waals surface area contributed by atoms with Gasteiger partial charge in [0.05, 0.1) is 11.5 Å². The van der Waals surface area contributed by atoms with Crippen molar-refractivity contribution in [2.45, 2.75) is 44.2 Å². The second-order valence-corrected chi connectivity index (χ2v) is 8.96. The quantitative estimate of drug-likeness (QED) is 0.735. The number of aromatic nitrogens is 1. The summed E-state index contributed by atoms with van der Waals surface area (Å²) < 4.78 is 46.2. The van der Waals surface area contributed by atoms with E-state index in [2.05, 4.69) is 15.4 Å². The first-order chi connectivity index (χ1) is 15.7. The molecular formula is C23H27F3N4O3. The van der Waals surface area contributed by atoms with E-state index in [-0.39, 0.29) is 17.4 Å². The van der Waals surface area contributed by atoms with Gasteiger partial charge in [0, 0.05) is 57.5 Å². The normalized spacial score (nSPS) is 21.8. The highest BCUT2D eigenvalue weighted by molar-refractivity contribution is 5.94. The molecule has 1 aliphatic carbocycles. The zero-order chi connectivity index (χ0) is 23.7. The van der Waals surface area contributed by atoms with Crippen molar-refractivity contribution in [1.29, 1.82) is 0 Å². The van der Waals surface area contributed by atoms with Crippen LogP contribution in [-0.2, 0) is 4.79 Å². The molecule has 2 heterocycles. The van der Waals surface area contributed by atoms with Crippen molar-refractivity contribution in [1.82, 2.24) is 20.3 Å². The number of nitrogens with one attached hydrogen (secondary N) is 1. The predicted octanol–water partition coefficient (Wildman–Crippen LogP) is 3.21. The third kappa shape index (κ3) is 4.90. The number of carbonyl (C=O) groups excluding carboxylic acids is 2. The topological polar surface area (TPSA) is 78.7 Å². The molecule has 2 amide bonds. The average Bonchev–Trinajstić information content (AvgIpc) is 3.45. The summed E-state index contributed by atoms with van der Waals surface area (Å²) in [6.07, 6.45) is 5.23. The number of piperidine rings is 1. The molecule has 1 saturated heterocycles. The molecule has 2 aliphatic rings. The van der Waals surface area contributed by atoms with Gasteiger partial charge in [-0.15, -0.1) is 0 Å². The van der Waals surface area contributed by atoms with Crippen LogP contribution in [-0.4, -0.2) is 66.0 Å². The number of nitrogens with zero attached hydrogens (tertiary/aromatic N) is 3. The third-order valence-corrected chi connectivity index (χ3v) is 6.56. The van der Waals surface area contributed by atoms with Crippen LogP contribution in [0.4, 0.5) is 13.2 Å². The molecule has 33 heavy (non-hydrogen) atoms. The Bertz CT molecular complexity index is 1010. The highest BCUT2D eigenvalue weighted by Crippen LogP contribution is 2.30. The molecule has 1 saturated carbocycles. The van der Waals surface area contributed by atoms with Gasteiger partial charge >= 0.3 is 0 Å². The van der Waals surface area contributed by atoms with Gasteiger partial charge in [-0.2, -0.15) is 0 Å². The lowest BCUT2D eigenvalue weighted by Gasteiger charge is -2.41. The Morgan fingerprint density at radius 1 is 1.09 bits per heavy atom. The minimum Gasteiger partial charge on any atom is -0.355 e. The SMILES string of the molecule is CN(C)C(=O)C1CN(C2CCCC2)CCC1NC(=O)c1cc(-c2c(F)cc(F)cc2F)on1. The van der Waals surface area contributed by atoms with Crippen molar-refractivity contribution in [3.63, 3.8) is 0 Å². The lowest BCUT2D eigenvalue weighted by molar-refractivity contribution is -0.136. The van der Waals surface area contributed by atoms with Crippen LogP contribution < -0.4 is 5.32 Å². The fourth-order valence-electron chi connectivity index (χ4n) is 4.85. The lowest BCUT2D eigenvalue weighted by Crippen LogP contribution is -2.57. The van der Waals surface area contributed by atoms with Gasteiger partial charge in [-0.1, -0.05) is 18.0 Å². The van der Waals surface area contributed by atoms with Crippen LogP contribution in [0.1, 0.15) is 42.6 Å². The highest BCUT2D eigenvalue weighted by atomic mass is 19.1. The van der Waals surface area contributed by atoms with Crippen LogP contribution in [0.2, 0.25) is 0 Å². The Labute approximate surface area is 189 Å². The fourth-order valence-corrected chi connectivity index (χ4v) is 4.85. The van der Waals surface area contributed by atoms with Crippen molar-refractivity contribution >= 4 is 11.8 Å². The number of carbonyl (C=O) groups is 2. The summed E-state index contributed by atoms with van der Waals surface area (Å²) >= 11 is 0. The molecule has 1 N–H and O–H groups in total. The van der Waals surface area contributed by atoms with Gasteiger partial charge in [-0.05, 0) is 19.3 Å². The first-order valence-electron chi connectivity index (χ1n) is 11.1. The summed E-state index contributed by atoms with van der Waals surface area (Å²) in [5.74, 6) is -4.81. The largest absolute Gasteiger partial charge is 0.355 e. The van der Waals surface area contributed by atoms with Crippen LogP contribution >= 0.6 is 0 Å². The maximum atomic E-state index is 14.0. The minimum absolute atomic E-state index is 0.0701. The minimum atomic E-state index is -1.16. The first kappa shape index (κ1) is 23.3. The molecule has 2 aromatic rings. The summed E-state index contributed by atoms with van der Waals surface area (Å²) in [5, 5.41) is 6.48. The number of likely N-dealkylation sites (tertiary alicyclic amines) is 1. The van der Waals surface area contributed by atoms with Gasteiger partial charge in [0.15, 0.2) is 11.5 Å². The monoisotopic (exact) mass is 464 g/mol. The molecule has 1 aromatic heterocycles. The van der Waals surface area contributed by atoms with Crippen LogP contribution in [0.5, 0.6) is 0 Å². The van der Waals surface area contributed by atoms with Gasteiger partial charge in [0.25, 0.3) is 5.91 Å². The van der Waals surface area contributed by atoms with Crippen molar-refractivity contribution < 1.29 is 27.3 Å². The summed E-state index contributed by atoms with van der Waals surface area (Å²) in [4.78, 5) is 29.6. The Balaban J connectivity index is 1.49. The Kier molecular flexibility index (Phi) is 6.73. The molecule has 2 unspecified atom stereocenters. The van der Waals surface area contributed by atoms with E-state index < -0.39 is 40.9 Å². The summed E-state index contributed by atoms with van der Waals surface area (Å²) in [5.41, 5.74) is -0.782. The van der Waals surface area contributed by atoms with Crippen molar-refractivity contribution in [2.24, 2.45) is 5.92 Å². The van der Waals surface area contributed by atoms with Crippen LogP contribution in [0.25, 0.3) is 11.3 Å². The van der Waals surface area contributed by atoms with E-state index >= 15 is 0 Å². The third-order valence-electron chi connectivity index (χ3n) is 6.56. The Morgan fingerprint density at radius 3 is 2.39 bits per heavy atom. The molecule has 0 radical (unpaired) electrons. The van der Waals surface area contributed by atoms with E-state index in [4.69, 9.17) is 4.52 Å². The van der Waals surface area contributed by atoms with E-state index in [0.717, 1.165) is 25.5 Å². The maximum absolute atomic E-state index is 14.0. The second-order valence-electron chi connectivity index (χ2n) is 8.96. The number of amides is 2. The van der Waals surface area contributed by atoms with E-state index in [9.17, 15) is 22.8 Å². The van der Waals surface area contributed by atoms with Gasteiger partial charge in [0.1, 0.15) is 17.5 Å². The summed E-state index contributed by atoms with van der Waals surface area (Å²) in [6.45, 7) is 1.32. The number of benzene rings is 1. The van der Waals surface area contributed by atoms with E-state index in [1.165, 1.54) is 17.7 Å². The standard InChI is InChI=1S/C23H27F3N4O3/c1-29(2)23(32)15-12-30(14-5-3-4-6-14)8-7-18(15)27-22(31)19-11-20(33-28-19)21-16(25)9-13(24)10-17(21)26/h9-11,14-15,18H,3-8,12H2,1-2H3,(H,27,31). The van der Waals surface area contributed by atoms with Crippen molar-refractivity contribution in [2.75, 3.05) is 27.2 Å². The average molecular weight is 464 g/mol. The number of hydrogen-bond acceptors (Lipinski definition) is 5. The fraction of sp³-hybridized carbons (Fsp3) is 0.522. The van der Waals surface area contributed by atoms with Crippen molar-refractivity contribution in [3.05, 3.63) is 41.3 Å². The van der Waals surface area contributed by atoms with Gasteiger partial charge in [0.2, 0.25) is 5.91 Å². The Morgan fingerprint density at radius 2 is 1.76 bits per heavy atom. The Hall–Kier alpha value is -2.88. The smallest absolute Gasteiger partial charge is 0.273 e. The van der Waals surface area contributed by atoms with Crippen molar-refractivity contribution in [3.8, 4) is 11.3 Å². The van der Waals surface area contributed by atoms with Crippen LogP contribution in [0, 0.1) is 23.4 Å². The molecule has 1 aliphatic heterocycles. The lowest BCUT2D eigenvalue weighted by atomic mass is 9.89. The van der Waals surface area contributed by atoms with E-state index in [1.807, 2.05) is 0 Å². The zero-order valence-electron chi connectivity index (χ0n) is 18.6. The molecule has 4 rings (SSSR count). The summed E-state index contributed by atoms with van der Waals surface area (Å²) in [6, 6.07) is 2.21. The number of halogens is 3. The molecule has 178 valence electrons. The van der Waals surface area contributed by atoms with Crippen LogP contribution in [0.15, 0.2) is 22.7 Å². The molecular weight excluding hydrogens is 437 g/mol. The molecule has 7 nitrogen and oxygen atoms in total. The molecule has 10 heteroatoms. The van der Waals surface area contributed by atoms with Gasteiger partial charge in [-0.3, -0.25) is 14.5 Å².